The van der Waals surface area contributed by atoms with Crippen LogP contribution in [-0.4, -0.2) is 49.8 Å². The number of benzene rings is 1. The van der Waals surface area contributed by atoms with Gasteiger partial charge in [-0.15, -0.1) is 11.8 Å². The second-order valence-corrected chi connectivity index (χ2v) is 6.75. The number of ether oxygens (including phenoxy) is 1. The standard InChI is InChI=1S/C17H19NO4S/c1-10-5-6-18-13(7-10)11-3-2-4-12(8-11)22-17-16(21)15(20)14(19)9-23-17/h2-8,14-17,19-21H,9H2,1H3/t14-,15+,16-,17+/m1/s1. The number of aliphatic hydroxyl groups is 3. The lowest BCUT2D eigenvalue weighted by Crippen LogP contribution is -2.50. The van der Waals surface area contributed by atoms with Crippen LogP contribution in [-0.2, 0) is 0 Å². The van der Waals surface area contributed by atoms with Crippen LogP contribution in [0.15, 0.2) is 42.6 Å². The van der Waals surface area contributed by atoms with Gasteiger partial charge in [0.25, 0.3) is 0 Å². The number of pyridine rings is 1. The van der Waals surface area contributed by atoms with E-state index in [0.29, 0.717) is 11.5 Å². The Morgan fingerprint density at radius 3 is 2.74 bits per heavy atom. The molecule has 6 heteroatoms. The molecule has 0 saturated carbocycles. The van der Waals surface area contributed by atoms with Gasteiger partial charge >= 0.3 is 0 Å². The van der Waals surface area contributed by atoms with Gasteiger partial charge in [0.2, 0.25) is 0 Å². The summed E-state index contributed by atoms with van der Waals surface area (Å²) >= 11 is 1.28. The summed E-state index contributed by atoms with van der Waals surface area (Å²) in [4.78, 5) is 4.35. The fourth-order valence-electron chi connectivity index (χ4n) is 2.44. The molecule has 2 aromatic rings. The van der Waals surface area contributed by atoms with E-state index in [4.69, 9.17) is 4.74 Å². The van der Waals surface area contributed by atoms with Crippen molar-refractivity contribution in [1.82, 2.24) is 4.98 Å². The summed E-state index contributed by atoms with van der Waals surface area (Å²) in [6, 6.07) is 11.4. The van der Waals surface area contributed by atoms with Crippen LogP contribution in [0.5, 0.6) is 5.75 Å². The normalized spacial score (nSPS) is 27.7. The number of thioether (sulfide) groups is 1. The molecule has 0 unspecified atom stereocenters. The Balaban J connectivity index is 1.78. The highest BCUT2D eigenvalue weighted by molar-refractivity contribution is 7.99. The van der Waals surface area contributed by atoms with E-state index in [1.54, 1.807) is 12.3 Å². The molecule has 1 aliphatic rings. The van der Waals surface area contributed by atoms with Crippen molar-refractivity contribution in [1.29, 1.82) is 0 Å². The fourth-order valence-corrected chi connectivity index (χ4v) is 3.56. The number of hydrogen-bond acceptors (Lipinski definition) is 6. The predicted molar refractivity (Wildman–Crippen MR) is 89.3 cm³/mol. The van der Waals surface area contributed by atoms with Gasteiger partial charge in [0.15, 0.2) is 5.44 Å². The minimum absolute atomic E-state index is 0.321. The van der Waals surface area contributed by atoms with E-state index in [1.165, 1.54) is 11.8 Å². The molecule has 4 atom stereocenters. The molecule has 23 heavy (non-hydrogen) atoms. The molecular formula is C17H19NO4S. The van der Waals surface area contributed by atoms with Crippen LogP contribution in [0.1, 0.15) is 5.56 Å². The Bertz CT molecular complexity index is 681. The summed E-state index contributed by atoms with van der Waals surface area (Å²) < 4.78 is 5.79. The lowest BCUT2D eigenvalue weighted by atomic mass is 10.1. The number of aryl methyl sites for hydroxylation is 1. The van der Waals surface area contributed by atoms with Crippen molar-refractivity contribution in [2.45, 2.75) is 30.7 Å². The number of rotatable bonds is 3. The Morgan fingerprint density at radius 2 is 1.96 bits per heavy atom. The Hall–Kier alpha value is -1.60. The predicted octanol–water partition coefficient (Wildman–Crippen LogP) is 1.59. The smallest absolute Gasteiger partial charge is 0.173 e. The molecule has 1 fully saturated rings. The third-order valence-corrected chi connectivity index (χ3v) is 4.99. The van der Waals surface area contributed by atoms with Gasteiger partial charge < -0.3 is 20.1 Å². The summed E-state index contributed by atoms with van der Waals surface area (Å²) in [5, 5.41) is 29.3. The first-order valence-corrected chi connectivity index (χ1v) is 8.45. The molecule has 122 valence electrons. The summed E-state index contributed by atoms with van der Waals surface area (Å²) in [7, 11) is 0. The minimum Gasteiger partial charge on any atom is -0.477 e. The van der Waals surface area contributed by atoms with E-state index in [-0.39, 0.29) is 0 Å². The summed E-state index contributed by atoms with van der Waals surface area (Å²) in [5.41, 5.74) is 2.27. The van der Waals surface area contributed by atoms with Crippen molar-refractivity contribution in [2.24, 2.45) is 0 Å². The van der Waals surface area contributed by atoms with E-state index >= 15 is 0 Å². The fraction of sp³-hybridized carbons (Fsp3) is 0.353. The van der Waals surface area contributed by atoms with Crippen LogP contribution in [0.3, 0.4) is 0 Å². The van der Waals surface area contributed by atoms with Gasteiger partial charge in [-0.2, -0.15) is 0 Å². The van der Waals surface area contributed by atoms with E-state index in [0.717, 1.165) is 16.8 Å². The molecule has 0 bridgehead atoms. The van der Waals surface area contributed by atoms with Crippen LogP contribution >= 0.6 is 11.8 Å². The van der Waals surface area contributed by atoms with Crippen LogP contribution in [0, 0.1) is 6.92 Å². The molecule has 0 spiro atoms. The monoisotopic (exact) mass is 333 g/mol. The zero-order valence-corrected chi connectivity index (χ0v) is 13.5. The van der Waals surface area contributed by atoms with Gasteiger partial charge in [-0.1, -0.05) is 12.1 Å². The molecule has 0 radical (unpaired) electrons. The average molecular weight is 333 g/mol. The van der Waals surface area contributed by atoms with E-state index in [2.05, 4.69) is 4.98 Å². The molecule has 0 aliphatic carbocycles. The van der Waals surface area contributed by atoms with Gasteiger partial charge in [-0.3, -0.25) is 4.98 Å². The molecule has 3 N–H and O–H groups in total. The Morgan fingerprint density at radius 1 is 1.13 bits per heavy atom. The number of aromatic nitrogens is 1. The van der Waals surface area contributed by atoms with Gasteiger partial charge in [-0.25, -0.2) is 0 Å². The highest BCUT2D eigenvalue weighted by atomic mass is 32.2. The maximum atomic E-state index is 10.0. The van der Waals surface area contributed by atoms with E-state index in [1.807, 2.05) is 37.3 Å². The largest absolute Gasteiger partial charge is 0.477 e. The highest BCUT2D eigenvalue weighted by Gasteiger charge is 2.38. The molecule has 1 aromatic carbocycles. The van der Waals surface area contributed by atoms with Crippen LogP contribution in [0.25, 0.3) is 11.3 Å². The SMILES string of the molecule is Cc1ccnc(-c2cccc(O[C@H]3SC[C@@H](O)[C@H](O)[C@H]3O)c2)c1. The van der Waals surface area contributed by atoms with Crippen molar-refractivity contribution < 1.29 is 20.1 Å². The third kappa shape index (κ3) is 3.67. The first kappa shape index (κ1) is 16.3. The summed E-state index contributed by atoms with van der Waals surface area (Å²) in [6.07, 6.45) is -1.50. The van der Waals surface area contributed by atoms with Gasteiger partial charge in [-0.05, 0) is 36.8 Å². The topological polar surface area (TPSA) is 82.8 Å². The molecule has 1 aromatic heterocycles. The van der Waals surface area contributed by atoms with Crippen molar-refractivity contribution in [2.75, 3.05) is 5.75 Å². The van der Waals surface area contributed by atoms with Crippen molar-refractivity contribution in [3.8, 4) is 17.0 Å². The van der Waals surface area contributed by atoms with Crippen molar-refractivity contribution in [3.63, 3.8) is 0 Å². The van der Waals surface area contributed by atoms with Crippen LogP contribution in [0.4, 0.5) is 0 Å². The summed E-state index contributed by atoms with van der Waals surface area (Å²) in [5.74, 6) is 0.910. The van der Waals surface area contributed by atoms with Crippen LogP contribution in [0.2, 0.25) is 0 Å². The van der Waals surface area contributed by atoms with E-state index < -0.39 is 23.7 Å². The van der Waals surface area contributed by atoms with Gasteiger partial charge in [0.1, 0.15) is 18.0 Å². The number of nitrogens with zero attached hydrogens (tertiary/aromatic N) is 1. The minimum atomic E-state index is -1.19. The quantitative estimate of drug-likeness (QED) is 0.791. The molecule has 0 amide bonds. The van der Waals surface area contributed by atoms with Crippen molar-refractivity contribution >= 4 is 11.8 Å². The molecule has 1 saturated heterocycles. The zero-order chi connectivity index (χ0) is 16.4. The maximum absolute atomic E-state index is 10.0. The van der Waals surface area contributed by atoms with Crippen LogP contribution < -0.4 is 4.74 Å². The molecule has 2 heterocycles. The van der Waals surface area contributed by atoms with Crippen molar-refractivity contribution in [3.05, 3.63) is 48.2 Å². The first-order chi connectivity index (χ1) is 11.0. The number of aliphatic hydroxyl groups excluding tert-OH is 3. The Kier molecular flexibility index (Phi) is 4.87. The lowest BCUT2D eigenvalue weighted by Gasteiger charge is -2.34. The number of hydrogen-bond donors (Lipinski definition) is 3. The maximum Gasteiger partial charge on any atom is 0.173 e. The highest BCUT2D eigenvalue weighted by Crippen LogP contribution is 2.30. The zero-order valence-electron chi connectivity index (χ0n) is 12.7. The molecular weight excluding hydrogens is 314 g/mol. The van der Waals surface area contributed by atoms with Gasteiger partial charge in [0.05, 0.1) is 11.8 Å². The van der Waals surface area contributed by atoms with E-state index in [9.17, 15) is 15.3 Å². The second-order valence-electron chi connectivity index (χ2n) is 5.61. The summed E-state index contributed by atoms with van der Waals surface area (Å²) in [6.45, 7) is 2.01. The molecule has 3 rings (SSSR count). The van der Waals surface area contributed by atoms with Gasteiger partial charge in [0, 0.05) is 17.5 Å². The second kappa shape index (κ2) is 6.88. The first-order valence-electron chi connectivity index (χ1n) is 7.40. The average Bonchev–Trinajstić information content (AvgIpc) is 2.56. The lowest BCUT2D eigenvalue weighted by molar-refractivity contribution is -0.0786. The molecule has 5 nitrogen and oxygen atoms in total. The third-order valence-electron chi connectivity index (χ3n) is 3.75. The Labute approximate surface area is 139 Å². The molecule has 1 aliphatic heterocycles.